The molecule has 0 saturated heterocycles. The molecule has 0 atom stereocenters. The molecule has 1 fully saturated rings. The minimum atomic E-state index is -0.435. The van der Waals surface area contributed by atoms with Gasteiger partial charge in [-0.1, -0.05) is 36.9 Å². The number of benzene rings is 1. The minimum Gasteiger partial charge on any atom is -0.323 e. The summed E-state index contributed by atoms with van der Waals surface area (Å²) in [4.78, 5) is 4.49. The van der Waals surface area contributed by atoms with Crippen LogP contribution in [-0.2, 0) is 0 Å². The van der Waals surface area contributed by atoms with Crippen LogP contribution in [0.2, 0.25) is 5.02 Å². The molecule has 0 radical (unpaired) electrons. The molecule has 3 rings (SSSR count). The Kier molecular flexibility index (Phi) is 4.15. The fourth-order valence-corrected chi connectivity index (χ4v) is 3.14. The number of nitrogens with one attached hydrogen (secondary N) is 1. The van der Waals surface area contributed by atoms with Gasteiger partial charge in [0.15, 0.2) is 5.82 Å². The van der Waals surface area contributed by atoms with Crippen LogP contribution < -0.4 is 5.32 Å². The fourth-order valence-electron chi connectivity index (χ4n) is 2.97. The molecule has 0 bridgehead atoms. The lowest BCUT2D eigenvalue weighted by Gasteiger charge is -2.24. The molecule has 21 heavy (non-hydrogen) atoms. The molecule has 1 aliphatic rings. The maximum Gasteiger partial charge on any atom is 0.207 e. The Morgan fingerprint density at radius 3 is 2.81 bits per heavy atom. The molecule has 0 spiro atoms. The summed E-state index contributed by atoms with van der Waals surface area (Å²) in [6, 6.07) is 5.40. The van der Waals surface area contributed by atoms with Crippen molar-refractivity contribution in [3.05, 3.63) is 40.9 Å². The number of nitrogens with zero attached hydrogens (tertiary/aromatic N) is 2. The number of aromatic nitrogens is 2. The molecule has 1 N–H and O–H groups in total. The van der Waals surface area contributed by atoms with Crippen LogP contribution in [0.25, 0.3) is 0 Å². The molecule has 0 unspecified atom stereocenters. The maximum absolute atomic E-state index is 14.0. The molecule has 112 valence electrons. The molecule has 0 amide bonds. The van der Waals surface area contributed by atoms with Crippen LogP contribution in [0.3, 0.4) is 0 Å². The molecule has 5 heteroatoms. The Hall–Kier alpha value is -1.55. The first-order valence-corrected chi connectivity index (χ1v) is 7.79. The Morgan fingerprint density at radius 2 is 2.05 bits per heavy atom. The van der Waals surface area contributed by atoms with Crippen molar-refractivity contribution in [3.8, 4) is 0 Å². The molecule has 3 nitrogen and oxygen atoms in total. The highest BCUT2D eigenvalue weighted by atomic mass is 35.5. The van der Waals surface area contributed by atoms with Gasteiger partial charge in [-0.15, -0.1) is 0 Å². The van der Waals surface area contributed by atoms with E-state index in [0.717, 1.165) is 18.5 Å². The van der Waals surface area contributed by atoms with Gasteiger partial charge in [0, 0.05) is 12.2 Å². The van der Waals surface area contributed by atoms with Gasteiger partial charge in [-0.05, 0) is 31.9 Å². The first kappa shape index (κ1) is 14.4. The van der Waals surface area contributed by atoms with Crippen molar-refractivity contribution in [3.63, 3.8) is 0 Å². The Morgan fingerprint density at radius 1 is 1.29 bits per heavy atom. The van der Waals surface area contributed by atoms with E-state index >= 15 is 0 Å². The lowest BCUT2D eigenvalue weighted by atomic mass is 9.95. The fraction of sp³-hybridized carbons (Fsp3) is 0.438. The second-order valence-corrected chi connectivity index (χ2v) is 6.04. The average molecular weight is 308 g/mol. The second kappa shape index (κ2) is 6.06. The van der Waals surface area contributed by atoms with E-state index in [1.165, 1.54) is 19.3 Å². The van der Waals surface area contributed by atoms with Gasteiger partial charge in [-0.25, -0.2) is 9.37 Å². The summed E-state index contributed by atoms with van der Waals surface area (Å²) in [6.45, 7) is 1.96. The summed E-state index contributed by atoms with van der Waals surface area (Å²) in [6.07, 6.45) is 8.14. The molecule has 1 aromatic heterocycles. The van der Waals surface area contributed by atoms with Crippen molar-refractivity contribution >= 4 is 23.2 Å². The third-order valence-electron chi connectivity index (χ3n) is 4.02. The van der Waals surface area contributed by atoms with Crippen LogP contribution in [0.4, 0.5) is 16.0 Å². The minimum absolute atomic E-state index is 0.118. The number of anilines is 2. The lowest BCUT2D eigenvalue weighted by Crippen LogP contribution is -2.14. The Labute approximate surface area is 129 Å². The van der Waals surface area contributed by atoms with Gasteiger partial charge >= 0.3 is 0 Å². The SMILES string of the molecule is Cc1cn(C2CCCCC2)c(Nc2cccc(Cl)c2F)n1. The van der Waals surface area contributed by atoms with E-state index < -0.39 is 5.82 Å². The third kappa shape index (κ3) is 3.05. The number of rotatable bonds is 3. The van der Waals surface area contributed by atoms with Gasteiger partial charge in [0.2, 0.25) is 5.95 Å². The molecular formula is C16H19ClFN3. The summed E-state index contributed by atoms with van der Waals surface area (Å²) in [5.74, 6) is 0.260. The van der Waals surface area contributed by atoms with E-state index in [0.29, 0.717) is 17.7 Å². The monoisotopic (exact) mass is 307 g/mol. The van der Waals surface area contributed by atoms with Crippen molar-refractivity contribution in [2.75, 3.05) is 5.32 Å². The van der Waals surface area contributed by atoms with Crippen LogP contribution in [0.1, 0.15) is 43.8 Å². The zero-order valence-corrected chi connectivity index (χ0v) is 12.8. The van der Waals surface area contributed by atoms with E-state index in [4.69, 9.17) is 11.6 Å². The van der Waals surface area contributed by atoms with E-state index in [1.807, 2.05) is 13.1 Å². The van der Waals surface area contributed by atoms with E-state index in [-0.39, 0.29) is 5.02 Å². The maximum atomic E-state index is 14.0. The molecule has 0 aliphatic heterocycles. The molecular weight excluding hydrogens is 289 g/mol. The van der Waals surface area contributed by atoms with Crippen molar-refractivity contribution in [2.24, 2.45) is 0 Å². The van der Waals surface area contributed by atoms with Crippen molar-refractivity contribution in [1.29, 1.82) is 0 Å². The summed E-state index contributed by atoms with van der Waals surface area (Å²) in [5, 5.41) is 3.21. The van der Waals surface area contributed by atoms with Gasteiger partial charge in [-0.3, -0.25) is 0 Å². The largest absolute Gasteiger partial charge is 0.323 e. The molecule has 1 aromatic carbocycles. The van der Waals surface area contributed by atoms with E-state index in [9.17, 15) is 4.39 Å². The zero-order valence-electron chi connectivity index (χ0n) is 12.1. The predicted octanol–water partition coefficient (Wildman–Crippen LogP) is 5.23. The number of hydrogen-bond acceptors (Lipinski definition) is 2. The summed E-state index contributed by atoms with van der Waals surface area (Å²) in [5.41, 5.74) is 1.30. The third-order valence-corrected chi connectivity index (χ3v) is 4.31. The number of hydrogen-bond donors (Lipinski definition) is 1. The van der Waals surface area contributed by atoms with Gasteiger partial charge in [0.1, 0.15) is 0 Å². The zero-order chi connectivity index (χ0) is 14.8. The standard InChI is InChI=1S/C16H19ClFN3/c1-11-10-21(12-6-3-2-4-7-12)16(19-11)20-14-9-5-8-13(17)15(14)18/h5,8-10,12H,2-4,6-7H2,1H3,(H,19,20). The van der Waals surface area contributed by atoms with Crippen molar-refractivity contribution in [2.45, 2.75) is 45.1 Å². The van der Waals surface area contributed by atoms with Crippen LogP contribution >= 0.6 is 11.6 Å². The van der Waals surface area contributed by atoms with Crippen LogP contribution in [-0.4, -0.2) is 9.55 Å². The molecule has 1 aliphatic carbocycles. The molecule has 1 saturated carbocycles. The van der Waals surface area contributed by atoms with Crippen LogP contribution in [0, 0.1) is 12.7 Å². The predicted molar refractivity (Wildman–Crippen MR) is 83.8 cm³/mol. The van der Waals surface area contributed by atoms with Crippen LogP contribution in [0.15, 0.2) is 24.4 Å². The second-order valence-electron chi connectivity index (χ2n) is 5.63. The molecule has 1 heterocycles. The van der Waals surface area contributed by atoms with E-state index in [1.54, 1.807) is 18.2 Å². The molecule has 2 aromatic rings. The Balaban J connectivity index is 1.89. The highest BCUT2D eigenvalue weighted by molar-refractivity contribution is 6.31. The van der Waals surface area contributed by atoms with E-state index in [2.05, 4.69) is 14.9 Å². The quantitative estimate of drug-likeness (QED) is 0.841. The normalized spacial score (nSPS) is 16.1. The number of halogens is 2. The Bertz CT molecular complexity index is 632. The van der Waals surface area contributed by atoms with Gasteiger partial charge in [0.05, 0.1) is 16.4 Å². The first-order chi connectivity index (χ1) is 10.1. The number of imidazole rings is 1. The smallest absolute Gasteiger partial charge is 0.207 e. The highest BCUT2D eigenvalue weighted by Gasteiger charge is 2.19. The van der Waals surface area contributed by atoms with Crippen molar-refractivity contribution in [1.82, 2.24) is 9.55 Å². The van der Waals surface area contributed by atoms with Gasteiger partial charge in [0.25, 0.3) is 0 Å². The summed E-state index contributed by atoms with van der Waals surface area (Å²) >= 11 is 5.83. The average Bonchev–Trinajstić information content (AvgIpc) is 2.86. The van der Waals surface area contributed by atoms with Gasteiger partial charge in [-0.2, -0.15) is 0 Å². The topological polar surface area (TPSA) is 29.9 Å². The highest BCUT2D eigenvalue weighted by Crippen LogP contribution is 2.32. The number of aryl methyl sites for hydroxylation is 1. The van der Waals surface area contributed by atoms with Crippen LogP contribution in [0.5, 0.6) is 0 Å². The van der Waals surface area contributed by atoms with Crippen molar-refractivity contribution < 1.29 is 4.39 Å². The summed E-state index contributed by atoms with van der Waals surface area (Å²) < 4.78 is 16.2. The first-order valence-electron chi connectivity index (χ1n) is 7.41. The summed E-state index contributed by atoms with van der Waals surface area (Å²) in [7, 11) is 0. The van der Waals surface area contributed by atoms with Gasteiger partial charge < -0.3 is 9.88 Å². The lowest BCUT2D eigenvalue weighted by molar-refractivity contribution is 0.356.